The third kappa shape index (κ3) is 2.04. The van der Waals surface area contributed by atoms with E-state index in [2.05, 4.69) is 9.98 Å². The summed E-state index contributed by atoms with van der Waals surface area (Å²) in [5.74, 6) is 0. The fraction of sp³-hybridized carbons (Fsp3) is 0.143. The molecule has 0 saturated heterocycles. The number of allylic oxidation sites excluding steroid dienone is 4. The van der Waals surface area contributed by atoms with Gasteiger partial charge in [-0.3, -0.25) is 0 Å². The van der Waals surface area contributed by atoms with E-state index in [-0.39, 0.29) is 0 Å². The van der Waals surface area contributed by atoms with Crippen molar-refractivity contribution in [1.29, 1.82) is 0 Å². The summed E-state index contributed by atoms with van der Waals surface area (Å²) in [5, 5.41) is 0. The van der Waals surface area contributed by atoms with Crippen LogP contribution in [0.25, 0.3) is 0 Å². The van der Waals surface area contributed by atoms with Crippen LogP contribution < -0.4 is 0 Å². The van der Waals surface area contributed by atoms with Gasteiger partial charge in [-0.15, -0.1) is 0 Å². The van der Waals surface area contributed by atoms with E-state index in [1.165, 1.54) is 6.34 Å². The zero-order valence-corrected chi connectivity index (χ0v) is 5.28. The second-order valence-corrected chi connectivity index (χ2v) is 1.74. The number of aliphatic imine (C=N–C) groups is 2. The van der Waals surface area contributed by atoms with E-state index >= 15 is 0 Å². The summed E-state index contributed by atoms with van der Waals surface area (Å²) >= 11 is 0. The van der Waals surface area contributed by atoms with Gasteiger partial charge in [0.15, 0.2) is 0 Å². The molecule has 0 spiro atoms. The molecule has 0 unspecified atom stereocenters. The summed E-state index contributed by atoms with van der Waals surface area (Å²) in [5.41, 5.74) is 0.975. The van der Waals surface area contributed by atoms with Crippen LogP contribution in [0.2, 0.25) is 0 Å². The van der Waals surface area contributed by atoms with Gasteiger partial charge in [-0.2, -0.15) is 0 Å². The van der Waals surface area contributed by atoms with Crippen LogP contribution >= 0.6 is 0 Å². The lowest BCUT2D eigenvalue weighted by atomic mass is 10.4. The zero-order valence-electron chi connectivity index (χ0n) is 5.28. The highest BCUT2D eigenvalue weighted by molar-refractivity contribution is 5.81. The molecule has 0 radical (unpaired) electrons. The Balaban J connectivity index is 2.77. The maximum Gasteiger partial charge on any atom is 0.115 e. The molecule has 0 amide bonds. The van der Waals surface area contributed by atoms with Crippen LogP contribution in [-0.4, -0.2) is 12.6 Å². The molecule has 9 heavy (non-hydrogen) atoms. The number of hydrogen-bond acceptors (Lipinski definition) is 2. The summed E-state index contributed by atoms with van der Waals surface area (Å²) in [6.45, 7) is 1.93. The summed E-state index contributed by atoms with van der Waals surface area (Å²) in [6.07, 6.45) is 8.95. The van der Waals surface area contributed by atoms with Gasteiger partial charge in [0, 0.05) is 11.9 Å². The number of rotatable bonds is 0. The quantitative estimate of drug-likeness (QED) is 0.463. The largest absolute Gasteiger partial charge is 0.245 e. The van der Waals surface area contributed by atoms with Crippen molar-refractivity contribution in [1.82, 2.24) is 0 Å². The van der Waals surface area contributed by atoms with E-state index < -0.39 is 0 Å². The fourth-order valence-corrected chi connectivity index (χ4v) is 0.500. The Hall–Kier alpha value is -1.18. The molecule has 2 nitrogen and oxygen atoms in total. The summed E-state index contributed by atoms with van der Waals surface area (Å²) in [7, 11) is 0. The van der Waals surface area contributed by atoms with Gasteiger partial charge in [0.1, 0.15) is 6.34 Å². The minimum absolute atomic E-state index is 0.975. The highest BCUT2D eigenvalue weighted by Crippen LogP contribution is 1.94. The van der Waals surface area contributed by atoms with Crippen molar-refractivity contribution < 1.29 is 0 Å². The van der Waals surface area contributed by atoms with Gasteiger partial charge in [0.05, 0.1) is 0 Å². The Morgan fingerprint density at radius 2 is 2.22 bits per heavy atom. The zero-order chi connectivity index (χ0) is 6.53. The molecule has 46 valence electrons. The van der Waals surface area contributed by atoms with Crippen molar-refractivity contribution in [2.45, 2.75) is 6.92 Å². The van der Waals surface area contributed by atoms with Crippen LogP contribution in [0.4, 0.5) is 0 Å². The molecule has 0 saturated carbocycles. The van der Waals surface area contributed by atoms with Gasteiger partial charge in [-0.05, 0) is 19.1 Å². The van der Waals surface area contributed by atoms with Gasteiger partial charge in [0.25, 0.3) is 0 Å². The van der Waals surface area contributed by atoms with Crippen molar-refractivity contribution in [2.24, 2.45) is 9.98 Å². The van der Waals surface area contributed by atoms with E-state index in [9.17, 15) is 0 Å². The smallest absolute Gasteiger partial charge is 0.115 e. The average Bonchev–Trinajstić information content (AvgIpc) is 1.79. The van der Waals surface area contributed by atoms with E-state index in [4.69, 9.17) is 0 Å². The van der Waals surface area contributed by atoms with E-state index in [1.807, 2.05) is 25.2 Å². The Morgan fingerprint density at radius 3 is 3.11 bits per heavy atom. The second kappa shape index (κ2) is 2.97. The lowest BCUT2D eigenvalue weighted by molar-refractivity contribution is 1.31. The molecule has 1 aliphatic rings. The first-order valence-corrected chi connectivity index (χ1v) is 2.79. The monoisotopic (exact) mass is 120 g/mol. The number of hydrogen-bond donors (Lipinski definition) is 0. The topological polar surface area (TPSA) is 24.7 Å². The highest BCUT2D eigenvalue weighted by atomic mass is 14.8. The molecule has 1 heterocycles. The molecular weight excluding hydrogens is 112 g/mol. The van der Waals surface area contributed by atoms with Crippen molar-refractivity contribution in [2.75, 3.05) is 0 Å². The third-order valence-electron chi connectivity index (χ3n) is 0.949. The standard InChI is InChI=1S/C7H8N2/c1-7-4-2-3-5-8-6-9-7/h2-6H,1H3. The molecule has 0 N–H and O–H groups in total. The molecule has 0 atom stereocenters. The van der Waals surface area contributed by atoms with Crippen molar-refractivity contribution in [3.05, 3.63) is 23.9 Å². The summed E-state index contributed by atoms with van der Waals surface area (Å²) in [4.78, 5) is 7.81. The summed E-state index contributed by atoms with van der Waals surface area (Å²) < 4.78 is 0. The Labute approximate surface area is 54.3 Å². The molecule has 0 fully saturated rings. The predicted molar refractivity (Wildman–Crippen MR) is 39.9 cm³/mol. The molecular formula is C7H8N2. The van der Waals surface area contributed by atoms with Gasteiger partial charge in [-0.1, -0.05) is 6.08 Å². The second-order valence-electron chi connectivity index (χ2n) is 1.74. The van der Waals surface area contributed by atoms with Crippen LogP contribution in [0.15, 0.2) is 33.9 Å². The van der Waals surface area contributed by atoms with E-state index in [0.717, 1.165) is 5.70 Å². The minimum Gasteiger partial charge on any atom is -0.245 e. The minimum atomic E-state index is 0.975. The first-order chi connectivity index (χ1) is 4.39. The third-order valence-corrected chi connectivity index (χ3v) is 0.949. The van der Waals surface area contributed by atoms with Gasteiger partial charge >= 0.3 is 0 Å². The van der Waals surface area contributed by atoms with Crippen LogP contribution in [0.5, 0.6) is 0 Å². The molecule has 0 aromatic rings. The lowest BCUT2D eigenvalue weighted by Crippen LogP contribution is -1.75. The van der Waals surface area contributed by atoms with Crippen molar-refractivity contribution >= 4 is 12.6 Å². The molecule has 1 rings (SSSR count). The maximum absolute atomic E-state index is 3.97. The molecule has 0 aromatic heterocycles. The molecule has 0 bridgehead atoms. The van der Waals surface area contributed by atoms with Crippen molar-refractivity contribution in [3.63, 3.8) is 0 Å². The first-order valence-electron chi connectivity index (χ1n) is 2.79. The number of nitrogens with zero attached hydrogens (tertiary/aromatic N) is 2. The maximum atomic E-state index is 3.97. The molecule has 2 heteroatoms. The molecule has 0 aliphatic carbocycles. The molecule has 0 aromatic carbocycles. The summed E-state index contributed by atoms with van der Waals surface area (Å²) in [6, 6.07) is 0. The predicted octanol–water partition coefficient (Wildman–Crippen LogP) is 1.56. The fourth-order valence-electron chi connectivity index (χ4n) is 0.500. The van der Waals surface area contributed by atoms with Gasteiger partial charge in [-0.25, -0.2) is 9.98 Å². The Kier molecular flexibility index (Phi) is 1.96. The van der Waals surface area contributed by atoms with Gasteiger partial charge < -0.3 is 0 Å². The average molecular weight is 120 g/mol. The lowest BCUT2D eigenvalue weighted by Gasteiger charge is -1.87. The van der Waals surface area contributed by atoms with Crippen LogP contribution in [0.1, 0.15) is 6.92 Å². The molecule has 1 aliphatic heterocycles. The van der Waals surface area contributed by atoms with Crippen LogP contribution in [-0.2, 0) is 0 Å². The normalized spacial score (nSPS) is 16.8. The van der Waals surface area contributed by atoms with E-state index in [1.54, 1.807) is 6.21 Å². The van der Waals surface area contributed by atoms with E-state index in [0.29, 0.717) is 0 Å². The highest BCUT2D eigenvalue weighted by Gasteiger charge is 1.78. The van der Waals surface area contributed by atoms with Crippen molar-refractivity contribution in [3.8, 4) is 0 Å². The van der Waals surface area contributed by atoms with Crippen LogP contribution in [0, 0.1) is 0 Å². The van der Waals surface area contributed by atoms with Gasteiger partial charge in [0.2, 0.25) is 0 Å². The Morgan fingerprint density at radius 1 is 1.33 bits per heavy atom. The Bertz CT molecular complexity index is 197. The SMILES string of the molecule is CC1=CC=CC=NC=N1. The first kappa shape index (κ1) is 5.95. The van der Waals surface area contributed by atoms with Crippen LogP contribution in [0.3, 0.4) is 0 Å².